The summed E-state index contributed by atoms with van der Waals surface area (Å²) in [6.07, 6.45) is 7.95. The number of hydrogen-bond acceptors (Lipinski definition) is 3. The van der Waals surface area contributed by atoms with Gasteiger partial charge in [-0.25, -0.2) is 0 Å². The van der Waals surface area contributed by atoms with Gasteiger partial charge < -0.3 is 15.8 Å². The lowest BCUT2D eigenvalue weighted by Crippen LogP contribution is -2.54. The van der Waals surface area contributed by atoms with Gasteiger partial charge in [0.1, 0.15) is 6.10 Å². The minimum atomic E-state index is -0.331. The van der Waals surface area contributed by atoms with Gasteiger partial charge in [0.25, 0.3) is 0 Å². The smallest absolute Gasteiger partial charge is 0.249 e. The Morgan fingerprint density at radius 1 is 1.21 bits per heavy atom. The maximum atomic E-state index is 12.7. The van der Waals surface area contributed by atoms with E-state index in [4.69, 9.17) is 10.5 Å². The number of hydrogen-bond donors (Lipinski definition) is 2. The highest BCUT2D eigenvalue weighted by Crippen LogP contribution is 2.32. The van der Waals surface area contributed by atoms with E-state index in [0.717, 1.165) is 36.6 Å². The first-order valence-corrected chi connectivity index (χ1v) is 9.81. The molecule has 4 nitrogen and oxygen atoms in total. The van der Waals surface area contributed by atoms with Crippen LogP contribution in [0, 0.1) is 0 Å². The molecular formula is C19H27BrN2O2. The van der Waals surface area contributed by atoms with Crippen LogP contribution in [-0.4, -0.2) is 30.2 Å². The van der Waals surface area contributed by atoms with Crippen LogP contribution in [-0.2, 0) is 16.0 Å². The van der Waals surface area contributed by atoms with Crippen LogP contribution >= 0.6 is 15.9 Å². The molecule has 2 atom stereocenters. The van der Waals surface area contributed by atoms with E-state index >= 15 is 0 Å². The Balaban J connectivity index is 1.69. The number of nitrogens with two attached hydrogens (primary N) is 1. The van der Waals surface area contributed by atoms with Gasteiger partial charge in [-0.2, -0.15) is 0 Å². The van der Waals surface area contributed by atoms with Crippen molar-refractivity contribution in [3.8, 4) is 0 Å². The van der Waals surface area contributed by atoms with Crippen LogP contribution in [0.5, 0.6) is 0 Å². The van der Waals surface area contributed by atoms with Gasteiger partial charge in [0, 0.05) is 16.6 Å². The summed E-state index contributed by atoms with van der Waals surface area (Å²) in [5, 5.41) is 3.37. The Kier molecular flexibility index (Phi) is 5.95. The molecule has 3 rings (SSSR count). The van der Waals surface area contributed by atoms with Crippen molar-refractivity contribution in [2.45, 2.75) is 69.1 Å². The van der Waals surface area contributed by atoms with E-state index in [1.54, 1.807) is 0 Å². The van der Waals surface area contributed by atoms with Gasteiger partial charge in [-0.15, -0.1) is 0 Å². The number of nitrogens with one attached hydrogen (secondary N) is 1. The van der Waals surface area contributed by atoms with Gasteiger partial charge in [-0.1, -0.05) is 47.3 Å². The van der Waals surface area contributed by atoms with Crippen molar-refractivity contribution in [2.75, 3.05) is 6.54 Å². The van der Waals surface area contributed by atoms with Gasteiger partial charge >= 0.3 is 0 Å². The van der Waals surface area contributed by atoms with Crippen LogP contribution in [0.1, 0.15) is 50.5 Å². The number of ether oxygens (including phenoxy) is 1. The van der Waals surface area contributed by atoms with Crippen molar-refractivity contribution >= 4 is 21.8 Å². The Bertz CT molecular complexity index is 555. The highest BCUT2D eigenvalue weighted by atomic mass is 79.9. The van der Waals surface area contributed by atoms with Crippen LogP contribution in [0.4, 0.5) is 0 Å². The number of amides is 1. The molecule has 2 fully saturated rings. The molecule has 1 amide bonds. The fraction of sp³-hybridized carbons (Fsp3) is 0.632. The minimum Gasteiger partial charge on any atom is -0.364 e. The average molecular weight is 395 g/mol. The largest absolute Gasteiger partial charge is 0.364 e. The molecule has 2 aliphatic rings. The monoisotopic (exact) mass is 394 g/mol. The Morgan fingerprint density at radius 3 is 2.54 bits per heavy atom. The molecule has 1 saturated carbocycles. The van der Waals surface area contributed by atoms with Crippen LogP contribution in [0.2, 0.25) is 0 Å². The lowest BCUT2D eigenvalue weighted by Gasteiger charge is -2.39. The van der Waals surface area contributed by atoms with Gasteiger partial charge in [-0.3, -0.25) is 4.79 Å². The van der Waals surface area contributed by atoms with Crippen molar-refractivity contribution in [3.05, 3.63) is 34.3 Å². The second kappa shape index (κ2) is 7.98. The number of carbonyl (C=O) groups is 1. The van der Waals surface area contributed by atoms with Crippen LogP contribution in [0.15, 0.2) is 28.7 Å². The summed E-state index contributed by atoms with van der Waals surface area (Å²) in [5.41, 5.74) is 6.80. The second-order valence-electron chi connectivity index (χ2n) is 7.19. The molecule has 1 saturated heterocycles. The highest BCUT2D eigenvalue weighted by Gasteiger charge is 2.38. The lowest BCUT2D eigenvalue weighted by molar-refractivity contribution is -0.134. The third-order valence-corrected chi connectivity index (χ3v) is 5.85. The molecule has 3 N–H and O–H groups in total. The van der Waals surface area contributed by atoms with E-state index in [-0.39, 0.29) is 23.7 Å². The molecule has 0 aromatic heterocycles. The number of halogens is 1. The molecule has 24 heavy (non-hydrogen) atoms. The first kappa shape index (κ1) is 17.9. The third-order valence-electron chi connectivity index (χ3n) is 5.32. The van der Waals surface area contributed by atoms with E-state index in [1.807, 2.05) is 0 Å². The number of benzene rings is 1. The van der Waals surface area contributed by atoms with Crippen LogP contribution in [0.3, 0.4) is 0 Å². The van der Waals surface area contributed by atoms with Gasteiger partial charge in [0.05, 0.1) is 6.10 Å². The van der Waals surface area contributed by atoms with E-state index in [1.165, 1.54) is 24.8 Å². The predicted octanol–water partition coefficient (Wildman–Crippen LogP) is 3.32. The average Bonchev–Trinajstić information content (AvgIpc) is 3.07. The third kappa shape index (κ3) is 4.38. The fourth-order valence-corrected chi connectivity index (χ4v) is 4.25. The molecule has 1 aromatic rings. The number of rotatable bonds is 5. The zero-order chi connectivity index (χ0) is 17.0. The predicted molar refractivity (Wildman–Crippen MR) is 98.8 cm³/mol. The fourth-order valence-electron chi connectivity index (χ4n) is 3.98. The summed E-state index contributed by atoms with van der Waals surface area (Å²) < 4.78 is 6.87. The summed E-state index contributed by atoms with van der Waals surface area (Å²) >= 11 is 3.48. The molecule has 0 bridgehead atoms. The topological polar surface area (TPSA) is 64.4 Å². The summed E-state index contributed by atoms with van der Waals surface area (Å²) in [5.74, 6) is 0.0463. The second-order valence-corrected chi connectivity index (χ2v) is 8.11. The molecule has 1 heterocycles. The molecule has 1 aromatic carbocycles. The normalized spacial score (nSPS) is 26.2. The van der Waals surface area contributed by atoms with Crippen LogP contribution in [0.25, 0.3) is 0 Å². The molecule has 1 aliphatic heterocycles. The van der Waals surface area contributed by atoms with Gasteiger partial charge in [-0.05, 0) is 49.8 Å². The molecule has 0 radical (unpaired) electrons. The lowest BCUT2D eigenvalue weighted by atomic mass is 9.77. The standard InChI is InChI=1S/C19H27BrN2O2/c20-15-6-4-14(5-7-15)12-19(10-2-1-3-11-19)22-18(23)17-9-8-16(13-21)24-17/h4-7,16-17H,1-3,8-13,21H2,(H,22,23)/t16-,17+/m1/s1. The molecule has 5 heteroatoms. The van der Waals surface area contributed by atoms with Gasteiger partial charge in [0.2, 0.25) is 5.91 Å². The maximum Gasteiger partial charge on any atom is 0.249 e. The van der Waals surface area contributed by atoms with Crippen molar-refractivity contribution in [3.63, 3.8) is 0 Å². The molecule has 1 aliphatic carbocycles. The Hall–Kier alpha value is -0.910. The Morgan fingerprint density at radius 2 is 1.92 bits per heavy atom. The summed E-state index contributed by atoms with van der Waals surface area (Å²) in [6, 6.07) is 8.42. The summed E-state index contributed by atoms with van der Waals surface area (Å²) in [7, 11) is 0. The highest BCUT2D eigenvalue weighted by molar-refractivity contribution is 9.10. The zero-order valence-corrected chi connectivity index (χ0v) is 15.7. The van der Waals surface area contributed by atoms with Crippen LogP contribution < -0.4 is 11.1 Å². The number of carbonyl (C=O) groups excluding carboxylic acids is 1. The SMILES string of the molecule is NC[C@H]1CC[C@@H](C(=O)NC2(Cc3ccc(Br)cc3)CCCCC2)O1. The van der Waals surface area contributed by atoms with Crippen molar-refractivity contribution in [1.82, 2.24) is 5.32 Å². The minimum absolute atomic E-state index is 0.0366. The van der Waals surface area contributed by atoms with E-state index < -0.39 is 0 Å². The van der Waals surface area contributed by atoms with E-state index in [9.17, 15) is 4.79 Å². The van der Waals surface area contributed by atoms with E-state index in [2.05, 4.69) is 45.5 Å². The maximum absolute atomic E-state index is 12.7. The van der Waals surface area contributed by atoms with Crippen molar-refractivity contribution in [1.29, 1.82) is 0 Å². The van der Waals surface area contributed by atoms with Crippen molar-refractivity contribution < 1.29 is 9.53 Å². The molecule has 0 spiro atoms. The molecular weight excluding hydrogens is 368 g/mol. The quantitative estimate of drug-likeness (QED) is 0.804. The van der Waals surface area contributed by atoms with Gasteiger partial charge in [0.15, 0.2) is 0 Å². The zero-order valence-electron chi connectivity index (χ0n) is 14.1. The Labute approximate surface area is 152 Å². The molecule has 0 unspecified atom stereocenters. The van der Waals surface area contributed by atoms with E-state index in [0.29, 0.717) is 6.54 Å². The van der Waals surface area contributed by atoms with Crippen molar-refractivity contribution in [2.24, 2.45) is 5.73 Å². The molecule has 132 valence electrons. The summed E-state index contributed by atoms with van der Waals surface area (Å²) in [4.78, 5) is 12.7. The summed E-state index contributed by atoms with van der Waals surface area (Å²) in [6.45, 7) is 0.494. The first-order chi connectivity index (χ1) is 11.6. The first-order valence-electron chi connectivity index (χ1n) is 9.02.